The normalized spacial score (nSPS) is 23.3. The number of aliphatic carboxylic acids is 2. The largest absolute Gasteiger partial charge is 0.480 e. The molecule has 2 aromatic carbocycles. The number of carboxylic acids is 2. The first kappa shape index (κ1) is 47.9. The minimum atomic E-state index is -0.975. The number of hydrogen-bond donors (Lipinski definition) is 4. The number of amides is 2. The van der Waals surface area contributed by atoms with E-state index in [1.807, 2.05) is 60.7 Å². The van der Waals surface area contributed by atoms with E-state index in [0.29, 0.717) is 45.1 Å². The number of hydrogen-bond acceptors (Lipinski definition) is 12. The van der Waals surface area contributed by atoms with Crippen molar-refractivity contribution in [2.75, 3.05) is 31.3 Å². The van der Waals surface area contributed by atoms with Crippen molar-refractivity contribution in [3.63, 3.8) is 0 Å². The van der Waals surface area contributed by atoms with Crippen LogP contribution in [0.4, 0.5) is 0 Å². The minimum absolute atomic E-state index is 0.00629. The third kappa shape index (κ3) is 12.7. The Bertz CT molecular complexity index is 1800. The van der Waals surface area contributed by atoms with Crippen molar-refractivity contribution in [2.24, 2.45) is 5.92 Å². The van der Waals surface area contributed by atoms with Gasteiger partial charge in [-0.25, -0.2) is 9.59 Å². The lowest BCUT2D eigenvalue weighted by Gasteiger charge is -2.31. The predicted molar refractivity (Wildman–Crippen MR) is 235 cm³/mol. The number of thioether (sulfide) groups is 2. The summed E-state index contributed by atoms with van der Waals surface area (Å²) in [5.74, 6) is -1.03. The Labute approximate surface area is 367 Å². The highest BCUT2D eigenvalue weighted by molar-refractivity contribution is 8.21. The first-order chi connectivity index (χ1) is 29.3. The molecule has 6 rings (SSSR count). The summed E-state index contributed by atoms with van der Waals surface area (Å²) in [4.78, 5) is 78.1. The number of carbonyl (C=O) groups excluding carboxylic acids is 4. The molecule has 3 aliphatic heterocycles. The van der Waals surface area contributed by atoms with E-state index in [0.717, 1.165) is 41.9 Å². The summed E-state index contributed by atoms with van der Waals surface area (Å²) in [6, 6.07) is 15.4. The maximum absolute atomic E-state index is 13.2. The summed E-state index contributed by atoms with van der Waals surface area (Å²) >= 11 is 3.50. The second-order valence-electron chi connectivity index (χ2n) is 16.2. The third-order valence-corrected chi connectivity index (χ3v) is 15.4. The minimum Gasteiger partial charge on any atom is -0.480 e. The Morgan fingerprint density at radius 2 is 1.23 bits per heavy atom. The van der Waals surface area contributed by atoms with Crippen molar-refractivity contribution >= 4 is 59.2 Å². The second kappa shape index (κ2) is 22.8. The molecule has 61 heavy (non-hydrogen) atoms. The Morgan fingerprint density at radius 3 is 1.70 bits per heavy atom. The van der Waals surface area contributed by atoms with E-state index in [4.69, 9.17) is 9.47 Å². The topological polar surface area (TPSA) is 192 Å². The highest BCUT2D eigenvalue weighted by Crippen LogP contribution is 2.52. The third-order valence-electron chi connectivity index (χ3n) is 12.0. The lowest BCUT2D eigenvalue weighted by atomic mass is 10.0. The van der Waals surface area contributed by atoms with Crippen molar-refractivity contribution in [1.82, 2.24) is 20.4 Å². The predicted octanol–water partition coefficient (Wildman–Crippen LogP) is 4.77. The Hall–Kier alpha value is -4.12. The number of aryl methyl sites for hydroxylation is 2. The fraction of sp³-hybridized carbons (Fsp3) is 0.600. The number of benzene rings is 2. The first-order valence-corrected chi connectivity index (χ1v) is 23.5. The van der Waals surface area contributed by atoms with Crippen LogP contribution in [0.3, 0.4) is 0 Å². The molecule has 4 fully saturated rings. The summed E-state index contributed by atoms with van der Waals surface area (Å²) in [6.45, 7) is 7.84. The number of rotatable bonds is 18. The molecule has 4 N–H and O–H groups in total. The summed E-state index contributed by atoms with van der Waals surface area (Å²) < 4.78 is 10.2. The maximum atomic E-state index is 13.2. The van der Waals surface area contributed by atoms with E-state index >= 15 is 0 Å². The average molecular weight is 883 g/mol. The zero-order valence-electron chi connectivity index (χ0n) is 35.7. The van der Waals surface area contributed by atoms with Gasteiger partial charge < -0.3 is 29.5 Å². The fourth-order valence-corrected chi connectivity index (χ4v) is 12.2. The molecular formula is C45H62N4O10S2. The van der Waals surface area contributed by atoms with Gasteiger partial charge in [0, 0.05) is 30.5 Å². The molecule has 3 heterocycles. The van der Waals surface area contributed by atoms with Crippen molar-refractivity contribution in [1.29, 1.82) is 0 Å². The number of esters is 2. The lowest BCUT2D eigenvalue weighted by molar-refractivity contribution is -0.151. The highest BCUT2D eigenvalue weighted by Gasteiger charge is 2.52. The van der Waals surface area contributed by atoms with Crippen molar-refractivity contribution < 1.29 is 48.5 Å². The standard InChI is InChI=1S/C23H32N2O5.C22H30N2O5S2/c1-3-30-23(29)18(13-12-16-8-5-4-6-9-16)24-15(2)21(26)25-19-11-7-10-17(19)14-20(25)22(27)28;1-3-29-21(28)17(10-9-16-7-5-4-6-8-16)23-15(2)19(25)24-14-22(30-11-12-31-22)13-18(24)20(26)27/h4-6,8-9,15,17-20,24H,3,7,10-14H2,1-2H3,(H,27,28);4-8,15,17-18,23H,3,9-14H2,1-2H3,(H,26,27)/t15-,17-,18-,19-,20-;15-,17-,18-/m00/s1. The molecule has 0 aromatic heterocycles. The van der Waals surface area contributed by atoms with Crippen LogP contribution in [0.25, 0.3) is 0 Å². The van der Waals surface area contributed by atoms with E-state index in [2.05, 4.69) is 10.6 Å². The van der Waals surface area contributed by atoms with Crippen LogP contribution in [0.15, 0.2) is 60.7 Å². The van der Waals surface area contributed by atoms with Gasteiger partial charge in [-0.3, -0.25) is 29.8 Å². The molecule has 2 amide bonds. The van der Waals surface area contributed by atoms with E-state index in [1.54, 1.807) is 56.1 Å². The van der Waals surface area contributed by atoms with Crippen molar-refractivity contribution in [3.05, 3.63) is 71.8 Å². The SMILES string of the molecule is CCOC(=O)[C@H](CCc1ccccc1)N[C@@H](C)C(=O)N1CC2(C[C@H]1C(=O)O)SCCS2.CCOC(=O)[C@H](CCc1ccccc1)N[C@@H](C)C(=O)N1[C@H](C(=O)O)C[C@@H]2CCC[C@@H]21. The van der Waals surface area contributed by atoms with Crippen molar-refractivity contribution in [3.8, 4) is 0 Å². The molecule has 1 saturated carbocycles. The highest BCUT2D eigenvalue weighted by atomic mass is 32.2. The molecule has 334 valence electrons. The number of nitrogens with zero attached hydrogens (tertiary/aromatic N) is 2. The molecule has 14 nitrogen and oxygen atoms in total. The van der Waals surface area contributed by atoms with Gasteiger partial charge in [-0.2, -0.15) is 0 Å². The average Bonchev–Trinajstić information content (AvgIpc) is 4.07. The zero-order chi connectivity index (χ0) is 44.1. The number of fused-ring (bicyclic) bond motifs is 1. The molecular weight excluding hydrogens is 821 g/mol. The van der Waals surface area contributed by atoms with Crippen LogP contribution in [0.1, 0.15) is 83.8 Å². The smallest absolute Gasteiger partial charge is 0.326 e. The number of likely N-dealkylation sites (tertiary alicyclic amines) is 2. The Morgan fingerprint density at radius 1 is 0.738 bits per heavy atom. The van der Waals surface area contributed by atoms with Gasteiger partial charge in [-0.1, -0.05) is 67.1 Å². The lowest BCUT2D eigenvalue weighted by Crippen LogP contribution is -2.55. The van der Waals surface area contributed by atoms with Gasteiger partial charge in [0.15, 0.2) is 0 Å². The summed E-state index contributed by atoms with van der Waals surface area (Å²) in [7, 11) is 0. The van der Waals surface area contributed by atoms with E-state index < -0.39 is 54.2 Å². The molecule has 4 aliphatic rings. The first-order valence-electron chi connectivity index (χ1n) is 21.6. The summed E-state index contributed by atoms with van der Waals surface area (Å²) in [6.07, 6.45) is 6.13. The van der Waals surface area contributed by atoms with Gasteiger partial charge in [0.1, 0.15) is 24.2 Å². The molecule has 8 atom stereocenters. The monoisotopic (exact) mass is 882 g/mol. The number of carboxylic acid groups (broad SMARTS) is 2. The van der Waals surface area contributed by atoms with Crippen LogP contribution in [0.5, 0.6) is 0 Å². The molecule has 1 spiro atoms. The number of ether oxygens (including phenoxy) is 2. The Balaban J connectivity index is 0.000000231. The van der Waals surface area contributed by atoms with Crippen LogP contribution in [0.2, 0.25) is 0 Å². The van der Waals surface area contributed by atoms with Gasteiger partial charge in [0.05, 0.1) is 29.4 Å². The molecule has 0 bridgehead atoms. The fourth-order valence-electron chi connectivity index (χ4n) is 8.98. The summed E-state index contributed by atoms with van der Waals surface area (Å²) in [5.41, 5.74) is 2.20. The molecule has 2 aromatic rings. The van der Waals surface area contributed by atoms with Crippen molar-refractivity contribution in [2.45, 2.75) is 132 Å². The molecule has 0 radical (unpaired) electrons. The van der Waals surface area contributed by atoms with Gasteiger partial charge >= 0.3 is 23.9 Å². The van der Waals surface area contributed by atoms with Crippen LogP contribution in [-0.4, -0.2) is 133 Å². The van der Waals surface area contributed by atoms with Crippen LogP contribution < -0.4 is 10.6 Å². The van der Waals surface area contributed by atoms with E-state index in [9.17, 15) is 39.0 Å². The van der Waals surface area contributed by atoms with E-state index in [-0.39, 0.29) is 47.0 Å². The van der Waals surface area contributed by atoms with Gasteiger partial charge in [-0.05, 0) is 89.7 Å². The van der Waals surface area contributed by atoms with Gasteiger partial charge in [0.2, 0.25) is 11.8 Å². The van der Waals surface area contributed by atoms with Crippen LogP contribution >= 0.6 is 23.5 Å². The number of nitrogens with one attached hydrogen (secondary N) is 2. The van der Waals surface area contributed by atoms with Crippen LogP contribution in [0, 0.1) is 5.92 Å². The quantitative estimate of drug-likeness (QED) is 0.150. The zero-order valence-corrected chi connectivity index (χ0v) is 37.3. The van der Waals surface area contributed by atoms with Gasteiger partial charge in [0.25, 0.3) is 0 Å². The Kier molecular flexibility index (Phi) is 17.9. The second-order valence-corrected chi connectivity index (χ2v) is 19.4. The van der Waals surface area contributed by atoms with E-state index in [1.165, 1.54) is 4.90 Å². The number of carbonyl (C=O) groups is 6. The van der Waals surface area contributed by atoms with Gasteiger partial charge in [-0.15, -0.1) is 23.5 Å². The molecule has 3 saturated heterocycles. The maximum Gasteiger partial charge on any atom is 0.326 e. The van der Waals surface area contributed by atoms with Crippen LogP contribution in [-0.2, 0) is 51.1 Å². The molecule has 0 unspecified atom stereocenters. The summed E-state index contributed by atoms with van der Waals surface area (Å²) in [5, 5.41) is 25.6. The molecule has 16 heteroatoms. The molecule has 1 aliphatic carbocycles.